The van der Waals surface area contributed by atoms with Crippen LogP contribution in [0, 0.1) is 0 Å². The van der Waals surface area contributed by atoms with Crippen LogP contribution in [0.1, 0.15) is 5.76 Å². The molecular formula is C22H24F3N5O2. The van der Waals surface area contributed by atoms with Crippen molar-refractivity contribution in [2.24, 2.45) is 0 Å². The lowest BCUT2D eigenvalue weighted by molar-refractivity contribution is -0.274. The Morgan fingerprint density at radius 1 is 1.03 bits per heavy atom. The molecule has 0 spiro atoms. The molecule has 0 bridgehead atoms. The van der Waals surface area contributed by atoms with Crippen LogP contribution in [0.5, 0.6) is 5.75 Å². The van der Waals surface area contributed by atoms with E-state index in [1.54, 1.807) is 6.07 Å². The van der Waals surface area contributed by atoms with E-state index < -0.39 is 6.36 Å². The van der Waals surface area contributed by atoms with Gasteiger partial charge < -0.3 is 19.5 Å². The minimum absolute atomic E-state index is 0.271. The Hall–Kier alpha value is -3.11. The predicted octanol–water partition coefficient (Wildman–Crippen LogP) is 3.55. The molecule has 0 unspecified atom stereocenters. The van der Waals surface area contributed by atoms with Crippen molar-refractivity contribution in [3.63, 3.8) is 0 Å². The van der Waals surface area contributed by atoms with Gasteiger partial charge >= 0.3 is 6.36 Å². The summed E-state index contributed by atoms with van der Waals surface area (Å²) in [7, 11) is 0. The summed E-state index contributed by atoms with van der Waals surface area (Å²) >= 11 is 0. The number of rotatable bonds is 8. The Kier molecular flexibility index (Phi) is 6.91. The van der Waals surface area contributed by atoms with E-state index >= 15 is 0 Å². The van der Waals surface area contributed by atoms with Gasteiger partial charge in [0.25, 0.3) is 0 Å². The fourth-order valence-electron chi connectivity index (χ4n) is 3.55. The van der Waals surface area contributed by atoms with Crippen LogP contribution in [0.2, 0.25) is 0 Å². The first-order valence-electron chi connectivity index (χ1n) is 10.4. The van der Waals surface area contributed by atoms with E-state index in [2.05, 4.69) is 30.0 Å². The first-order valence-corrected chi connectivity index (χ1v) is 10.4. The monoisotopic (exact) mass is 447 g/mol. The third-order valence-corrected chi connectivity index (χ3v) is 5.19. The Bertz CT molecular complexity index is 971. The number of halogens is 3. The molecule has 0 atom stereocenters. The lowest BCUT2D eigenvalue weighted by Crippen LogP contribution is -2.48. The van der Waals surface area contributed by atoms with Gasteiger partial charge in [0.1, 0.15) is 17.3 Å². The molecule has 10 heteroatoms. The highest BCUT2D eigenvalue weighted by molar-refractivity contribution is 5.59. The molecule has 2 aromatic heterocycles. The van der Waals surface area contributed by atoms with Crippen molar-refractivity contribution >= 4 is 5.82 Å². The Balaban J connectivity index is 1.18. The first kappa shape index (κ1) is 22.1. The third kappa shape index (κ3) is 6.21. The second-order valence-corrected chi connectivity index (χ2v) is 7.44. The molecule has 32 heavy (non-hydrogen) atoms. The first-order chi connectivity index (χ1) is 15.5. The highest BCUT2D eigenvalue weighted by atomic mass is 19.4. The summed E-state index contributed by atoms with van der Waals surface area (Å²) in [5.74, 6) is 1.41. The fraction of sp³-hybridized carbons (Fsp3) is 0.364. The molecule has 1 N–H and O–H groups in total. The number of hydrogen-bond acceptors (Lipinski definition) is 7. The number of alkyl halides is 3. The van der Waals surface area contributed by atoms with Crippen LogP contribution < -0.4 is 15.0 Å². The minimum atomic E-state index is -4.71. The fourth-order valence-corrected chi connectivity index (χ4v) is 3.55. The van der Waals surface area contributed by atoms with E-state index in [9.17, 15) is 13.2 Å². The molecule has 1 fully saturated rings. The molecule has 1 aromatic carbocycles. The van der Waals surface area contributed by atoms with E-state index in [0.29, 0.717) is 23.6 Å². The molecule has 0 saturated carbocycles. The molecule has 7 nitrogen and oxygen atoms in total. The highest BCUT2D eigenvalue weighted by Crippen LogP contribution is 2.26. The average Bonchev–Trinajstić information content (AvgIpc) is 3.26. The van der Waals surface area contributed by atoms with Gasteiger partial charge in [-0.05, 0) is 36.4 Å². The van der Waals surface area contributed by atoms with E-state index in [1.165, 1.54) is 24.3 Å². The van der Waals surface area contributed by atoms with Crippen LogP contribution in [0.25, 0.3) is 11.3 Å². The van der Waals surface area contributed by atoms with E-state index in [4.69, 9.17) is 4.52 Å². The maximum Gasteiger partial charge on any atom is 0.573 e. The minimum Gasteiger partial charge on any atom is -0.406 e. The molecular weight excluding hydrogens is 423 g/mol. The highest BCUT2D eigenvalue weighted by Gasteiger charge is 2.31. The van der Waals surface area contributed by atoms with Gasteiger partial charge in [-0.1, -0.05) is 11.2 Å². The van der Waals surface area contributed by atoms with Crippen molar-refractivity contribution < 1.29 is 22.4 Å². The molecule has 0 radical (unpaired) electrons. The van der Waals surface area contributed by atoms with Crippen LogP contribution in [-0.4, -0.2) is 60.7 Å². The van der Waals surface area contributed by atoms with Crippen molar-refractivity contribution in [1.29, 1.82) is 0 Å². The largest absolute Gasteiger partial charge is 0.573 e. The summed E-state index contributed by atoms with van der Waals surface area (Å²) in [6.07, 6.45) is -2.89. The van der Waals surface area contributed by atoms with Gasteiger partial charge in [0.2, 0.25) is 0 Å². The summed E-state index contributed by atoms with van der Waals surface area (Å²) in [4.78, 5) is 9.10. The molecule has 0 aliphatic carbocycles. The number of hydrogen-bond donors (Lipinski definition) is 1. The second kappa shape index (κ2) is 10.0. The van der Waals surface area contributed by atoms with Crippen LogP contribution in [0.15, 0.2) is 59.3 Å². The molecule has 1 aliphatic heterocycles. The molecule has 4 rings (SSSR count). The average molecular weight is 447 g/mol. The van der Waals surface area contributed by atoms with Crippen molar-refractivity contribution in [3.05, 3.63) is 60.5 Å². The SMILES string of the molecule is FC(F)(F)Oc1ccc(-c2cc(CNCCN3CCN(c4ccccn4)CC3)on2)cc1. The molecule has 0 amide bonds. The van der Waals surface area contributed by atoms with Gasteiger partial charge in [-0.2, -0.15) is 0 Å². The Labute approximate surface area is 183 Å². The summed E-state index contributed by atoms with van der Waals surface area (Å²) < 4.78 is 46.0. The number of piperazine rings is 1. The van der Waals surface area contributed by atoms with Gasteiger partial charge in [0, 0.05) is 57.1 Å². The number of ether oxygens (including phenoxy) is 1. The molecule has 3 aromatic rings. The quantitative estimate of drug-likeness (QED) is 0.530. The topological polar surface area (TPSA) is 66.7 Å². The smallest absolute Gasteiger partial charge is 0.406 e. The molecule has 3 heterocycles. The van der Waals surface area contributed by atoms with Gasteiger partial charge in [-0.3, -0.25) is 4.90 Å². The van der Waals surface area contributed by atoms with Gasteiger partial charge in [0.15, 0.2) is 5.76 Å². The lowest BCUT2D eigenvalue weighted by Gasteiger charge is -2.35. The van der Waals surface area contributed by atoms with Crippen molar-refractivity contribution in [2.45, 2.75) is 12.9 Å². The number of benzene rings is 1. The number of anilines is 1. The van der Waals surface area contributed by atoms with E-state index in [1.807, 2.05) is 24.4 Å². The standard InChI is InChI=1S/C22H24F3N5O2/c23-22(24,25)31-18-6-4-17(5-7-18)20-15-19(32-28-20)16-26-9-10-29-11-13-30(14-12-29)21-3-1-2-8-27-21/h1-8,15,26H,9-14,16H2. The van der Waals surface area contributed by atoms with Crippen LogP contribution >= 0.6 is 0 Å². The van der Waals surface area contributed by atoms with Crippen molar-refractivity contribution in [1.82, 2.24) is 20.4 Å². The normalized spacial score (nSPS) is 15.2. The van der Waals surface area contributed by atoms with Crippen LogP contribution in [0.4, 0.5) is 19.0 Å². The number of pyridine rings is 1. The molecule has 170 valence electrons. The summed E-state index contributed by atoms with van der Waals surface area (Å²) in [5, 5.41) is 7.34. The van der Waals surface area contributed by atoms with Crippen molar-refractivity contribution in [2.75, 3.05) is 44.2 Å². The third-order valence-electron chi connectivity index (χ3n) is 5.19. The van der Waals surface area contributed by atoms with E-state index in [0.717, 1.165) is 45.1 Å². The zero-order valence-electron chi connectivity index (χ0n) is 17.4. The van der Waals surface area contributed by atoms with Gasteiger partial charge in [0.05, 0.1) is 6.54 Å². The predicted molar refractivity (Wildman–Crippen MR) is 113 cm³/mol. The number of aromatic nitrogens is 2. The van der Waals surface area contributed by atoms with E-state index in [-0.39, 0.29) is 5.75 Å². The maximum absolute atomic E-state index is 12.3. The van der Waals surface area contributed by atoms with Gasteiger partial charge in [-0.25, -0.2) is 4.98 Å². The molecule has 1 aliphatic rings. The molecule has 1 saturated heterocycles. The van der Waals surface area contributed by atoms with Crippen LogP contribution in [-0.2, 0) is 6.54 Å². The Morgan fingerprint density at radius 3 is 2.50 bits per heavy atom. The summed E-state index contributed by atoms with van der Waals surface area (Å²) in [5.41, 5.74) is 1.21. The number of nitrogens with zero attached hydrogens (tertiary/aromatic N) is 4. The Morgan fingerprint density at radius 2 is 1.81 bits per heavy atom. The van der Waals surface area contributed by atoms with Crippen molar-refractivity contribution in [3.8, 4) is 17.0 Å². The van der Waals surface area contributed by atoms with Crippen LogP contribution in [0.3, 0.4) is 0 Å². The second-order valence-electron chi connectivity index (χ2n) is 7.44. The number of nitrogens with one attached hydrogen (secondary N) is 1. The van der Waals surface area contributed by atoms with Gasteiger partial charge in [-0.15, -0.1) is 13.2 Å². The lowest BCUT2D eigenvalue weighted by atomic mass is 10.1. The zero-order valence-corrected chi connectivity index (χ0v) is 17.4. The summed E-state index contributed by atoms with van der Waals surface area (Å²) in [6, 6.07) is 13.3. The maximum atomic E-state index is 12.3. The summed E-state index contributed by atoms with van der Waals surface area (Å²) in [6.45, 7) is 6.14. The zero-order chi connectivity index (χ0) is 22.4.